The molecule has 2 aromatic heterocycles. The van der Waals surface area contributed by atoms with Crippen molar-refractivity contribution in [1.29, 1.82) is 0 Å². The first kappa shape index (κ1) is 25.9. The molecule has 9 nitrogen and oxygen atoms in total. The van der Waals surface area contributed by atoms with E-state index >= 15 is 0 Å². The Labute approximate surface area is 210 Å². The molecular formula is C24H21F3N4O5S. The summed E-state index contributed by atoms with van der Waals surface area (Å²) in [6.45, 7) is 1.45. The predicted molar refractivity (Wildman–Crippen MR) is 127 cm³/mol. The average Bonchev–Trinajstić information content (AvgIpc) is 3.26. The van der Waals surface area contributed by atoms with Crippen molar-refractivity contribution < 1.29 is 35.6 Å². The van der Waals surface area contributed by atoms with Crippen molar-refractivity contribution in [3.05, 3.63) is 83.6 Å². The Bertz CT molecular complexity index is 1510. The molecule has 2 aromatic carbocycles. The van der Waals surface area contributed by atoms with Gasteiger partial charge in [-0.25, -0.2) is 13.4 Å². The number of hydrogen-bond acceptors (Lipinski definition) is 8. The Balaban J connectivity index is 1.54. The zero-order chi connectivity index (χ0) is 26.6. The molecule has 0 aliphatic rings. The lowest BCUT2D eigenvalue weighted by atomic mass is 10.1. The van der Waals surface area contributed by atoms with Crippen LogP contribution in [0.5, 0.6) is 11.6 Å². The second-order valence-corrected chi connectivity index (χ2v) is 9.73. The molecule has 37 heavy (non-hydrogen) atoms. The first-order chi connectivity index (χ1) is 17.5. The summed E-state index contributed by atoms with van der Waals surface area (Å²) in [7, 11) is -3.66. The molecule has 0 amide bonds. The number of ether oxygens (including phenoxy) is 2. The van der Waals surface area contributed by atoms with Gasteiger partial charge in [-0.05, 0) is 41.5 Å². The molecule has 0 saturated heterocycles. The molecule has 0 atom stereocenters. The van der Waals surface area contributed by atoms with Gasteiger partial charge in [0.2, 0.25) is 27.6 Å². The van der Waals surface area contributed by atoms with Crippen molar-refractivity contribution in [2.45, 2.75) is 26.3 Å². The van der Waals surface area contributed by atoms with Crippen LogP contribution < -0.4 is 14.2 Å². The van der Waals surface area contributed by atoms with E-state index in [1.807, 2.05) is 0 Å². The fourth-order valence-electron chi connectivity index (χ4n) is 3.30. The molecule has 2 heterocycles. The maximum absolute atomic E-state index is 13.0. The van der Waals surface area contributed by atoms with Gasteiger partial charge in [-0.15, -0.1) is 0 Å². The molecular weight excluding hydrogens is 513 g/mol. The third-order valence-electron chi connectivity index (χ3n) is 4.88. The minimum Gasteiger partial charge on any atom is -0.489 e. The third kappa shape index (κ3) is 7.19. The minimum absolute atomic E-state index is 0.00794. The normalized spacial score (nSPS) is 11.8. The summed E-state index contributed by atoms with van der Waals surface area (Å²) in [6.07, 6.45) is -1.97. The van der Waals surface area contributed by atoms with E-state index in [0.29, 0.717) is 28.3 Å². The summed E-state index contributed by atoms with van der Waals surface area (Å²) in [5, 5.41) is 3.72. The number of nitrogens with one attached hydrogen (secondary N) is 1. The van der Waals surface area contributed by atoms with Crippen LogP contribution in [0.3, 0.4) is 0 Å². The van der Waals surface area contributed by atoms with E-state index in [2.05, 4.69) is 19.8 Å². The van der Waals surface area contributed by atoms with Crippen LogP contribution in [-0.2, 0) is 29.4 Å². The smallest absolute Gasteiger partial charge is 0.416 e. The summed E-state index contributed by atoms with van der Waals surface area (Å²) in [6, 6.07) is 13.2. The minimum atomic E-state index is -4.44. The molecule has 0 unspecified atom stereocenters. The van der Waals surface area contributed by atoms with E-state index < -0.39 is 21.8 Å². The molecule has 4 rings (SSSR count). The lowest BCUT2D eigenvalue weighted by Gasteiger charge is -2.13. The lowest BCUT2D eigenvalue weighted by molar-refractivity contribution is -0.137. The van der Waals surface area contributed by atoms with Crippen molar-refractivity contribution in [3.63, 3.8) is 0 Å². The zero-order valence-corrected chi connectivity index (χ0v) is 20.4. The number of alkyl halides is 3. The van der Waals surface area contributed by atoms with E-state index in [1.54, 1.807) is 37.3 Å². The van der Waals surface area contributed by atoms with E-state index in [0.717, 1.165) is 18.4 Å². The van der Waals surface area contributed by atoms with Crippen LogP contribution in [0.2, 0.25) is 0 Å². The van der Waals surface area contributed by atoms with Gasteiger partial charge in [-0.3, -0.25) is 4.72 Å². The van der Waals surface area contributed by atoms with Crippen molar-refractivity contribution in [2.75, 3.05) is 11.0 Å². The largest absolute Gasteiger partial charge is 0.489 e. The highest BCUT2D eigenvalue weighted by molar-refractivity contribution is 7.92. The van der Waals surface area contributed by atoms with Gasteiger partial charge < -0.3 is 14.0 Å². The van der Waals surface area contributed by atoms with Gasteiger partial charge in [0.05, 0.1) is 11.8 Å². The van der Waals surface area contributed by atoms with Gasteiger partial charge in [-0.1, -0.05) is 29.4 Å². The van der Waals surface area contributed by atoms with E-state index in [1.165, 1.54) is 18.3 Å². The van der Waals surface area contributed by atoms with Crippen LogP contribution >= 0.6 is 0 Å². The van der Waals surface area contributed by atoms with Gasteiger partial charge in [0.25, 0.3) is 0 Å². The summed E-state index contributed by atoms with van der Waals surface area (Å²) in [5.41, 5.74) is 0.871. The molecule has 0 aliphatic carbocycles. The number of sulfonamides is 1. The number of pyridine rings is 1. The van der Waals surface area contributed by atoms with Crippen LogP contribution in [0, 0.1) is 6.92 Å². The number of rotatable bonds is 9. The molecule has 194 valence electrons. The summed E-state index contributed by atoms with van der Waals surface area (Å²) in [5.74, 6) is 1.03. The molecule has 13 heteroatoms. The number of aromatic nitrogens is 3. The SMILES string of the molecule is Cc1nc(COc2ncc(-c3cccc(OCc4cccc(C(F)(F)F)c4)c3)cc2NS(C)(=O)=O)no1. The van der Waals surface area contributed by atoms with E-state index in [9.17, 15) is 21.6 Å². The highest BCUT2D eigenvalue weighted by Crippen LogP contribution is 2.32. The Hall–Kier alpha value is -4.13. The fraction of sp³-hybridized carbons (Fsp3) is 0.208. The number of nitrogens with zero attached hydrogens (tertiary/aromatic N) is 3. The maximum atomic E-state index is 13.0. The van der Waals surface area contributed by atoms with Crippen LogP contribution in [0.4, 0.5) is 18.9 Å². The monoisotopic (exact) mass is 534 g/mol. The highest BCUT2D eigenvalue weighted by atomic mass is 32.2. The number of hydrogen-bond donors (Lipinski definition) is 1. The first-order valence-electron chi connectivity index (χ1n) is 10.8. The highest BCUT2D eigenvalue weighted by Gasteiger charge is 2.30. The Kier molecular flexibility index (Phi) is 7.34. The van der Waals surface area contributed by atoms with Crippen molar-refractivity contribution >= 4 is 15.7 Å². The van der Waals surface area contributed by atoms with Crippen LogP contribution in [0.25, 0.3) is 11.1 Å². The van der Waals surface area contributed by atoms with Crippen molar-refractivity contribution in [2.24, 2.45) is 0 Å². The van der Waals surface area contributed by atoms with Crippen molar-refractivity contribution in [3.8, 4) is 22.8 Å². The summed E-state index contributed by atoms with van der Waals surface area (Å²) in [4.78, 5) is 8.26. The Morgan fingerprint density at radius 3 is 2.49 bits per heavy atom. The predicted octanol–water partition coefficient (Wildman–Crippen LogP) is 4.99. The summed E-state index contributed by atoms with van der Waals surface area (Å²) < 4.78 is 81.3. The second-order valence-electron chi connectivity index (χ2n) is 7.98. The average molecular weight is 535 g/mol. The van der Waals surface area contributed by atoms with Gasteiger partial charge in [0, 0.05) is 18.7 Å². The van der Waals surface area contributed by atoms with Crippen LogP contribution in [0.15, 0.2) is 65.3 Å². The van der Waals surface area contributed by atoms with Gasteiger partial charge in [0.1, 0.15) is 18.0 Å². The molecule has 0 aliphatic heterocycles. The van der Waals surface area contributed by atoms with Crippen molar-refractivity contribution in [1.82, 2.24) is 15.1 Å². The molecule has 0 bridgehead atoms. The molecule has 4 aromatic rings. The number of aryl methyl sites for hydroxylation is 1. The number of anilines is 1. The molecule has 0 fully saturated rings. The fourth-order valence-corrected chi connectivity index (χ4v) is 3.85. The second kappa shape index (κ2) is 10.5. The number of benzene rings is 2. The summed E-state index contributed by atoms with van der Waals surface area (Å²) >= 11 is 0. The maximum Gasteiger partial charge on any atom is 0.416 e. The van der Waals surface area contributed by atoms with Gasteiger partial charge in [-0.2, -0.15) is 18.2 Å². The standard InChI is InChI=1S/C24H21F3N4O5S/c1-15-29-22(30-36-15)14-35-23-21(31-37(2,32)33)11-18(12-28-23)17-6-4-8-20(10-17)34-13-16-5-3-7-19(9-16)24(25,26)27/h3-12,31H,13-14H2,1-2H3. The molecule has 1 N–H and O–H groups in total. The molecule has 0 radical (unpaired) electrons. The van der Waals surface area contributed by atoms with E-state index in [-0.39, 0.29) is 30.6 Å². The Morgan fingerprint density at radius 1 is 1.00 bits per heavy atom. The van der Waals surface area contributed by atoms with Gasteiger partial charge >= 0.3 is 6.18 Å². The third-order valence-corrected chi connectivity index (χ3v) is 5.47. The Morgan fingerprint density at radius 2 is 1.78 bits per heavy atom. The molecule has 0 spiro atoms. The number of halogens is 3. The first-order valence-corrected chi connectivity index (χ1v) is 12.6. The van der Waals surface area contributed by atoms with Crippen LogP contribution in [0.1, 0.15) is 22.8 Å². The zero-order valence-electron chi connectivity index (χ0n) is 19.6. The molecule has 0 saturated carbocycles. The van der Waals surface area contributed by atoms with Crippen LogP contribution in [-0.4, -0.2) is 29.8 Å². The lowest BCUT2D eigenvalue weighted by Crippen LogP contribution is -2.12. The topological polar surface area (TPSA) is 116 Å². The van der Waals surface area contributed by atoms with E-state index in [4.69, 9.17) is 14.0 Å². The quantitative estimate of drug-likeness (QED) is 0.319. The van der Waals surface area contributed by atoms with Gasteiger partial charge in [0.15, 0.2) is 6.61 Å².